The van der Waals surface area contributed by atoms with Gasteiger partial charge in [0.2, 0.25) is 11.9 Å². The Morgan fingerprint density at radius 2 is 1.97 bits per heavy atom. The van der Waals surface area contributed by atoms with Gasteiger partial charge in [-0.25, -0.2) is 9.78 Å². The molecule has 2 aliphatic heterocycles. The molecule has 9 nitrogen and oxygen atoms in total. The molecule has 206 valence electrons. The molecule has 1 unspecified atom stereocenters. The second kappa shape index (κ2) is 9.93. The number of likely N-dealkylation sites (N-methyl/N-ethyl adjacent to an activating group) is 1. The molecule has 1 aromatic carbocycles. The standard InChI is InChI=1S/C30H38N6O3/c1-5-26(37)34(4)24-16-35(17-24)25(14-20-6-7-20)21-8-10-23(11-9-21)30(12-13-30)33-28-31-15-22-18-39-29(38)36(19(2)3)27(22)32-28/h5,8-11,15,19-20,24-25H,1,6-7,12-14,16-18H2,2-4H3,(H,31,32,33). The summed E-state index contributed by atoms with van der Waals surface area (Å²) in [4.78, 5) is 39.6. The second-order valence-corrected chi connectivity index (χ2v) is 11.8. The molecule has 1 saturated heterocycles. The molecule has 3 fully saturated rings. The molecule has 2 aliphatic carbocycles. The minimum Gasteiger partial charge on any atom is -0.444 e. The lowest BCUT2D eigenvalue weighted by Crippen LogP contribution is -2.60. The highest BCUT2D eigenvalue weighted by Crippen LogP contribution is 2.49. The molecule has 4 aliphatic rings. The van der Waals surface area contributed by atoms with E-state index >= 15 is 0 Å². The van der Waals surface area contributed by atoms with Gasteiger partial charge in [-0.2, -0.15) is 4.98 Å². The summed E-state index contributed by atoms with van der Waals surface area (Å²) < 4.78 is 5.28. The number of fused-ring (bicyclic) bond motifs is 1. The van der Waals surface area contributed by atoms with E-state index in [4.69, 9.17) is 9.72 Å². The van der Waals surface area contributed by atoms with Crippen molar-refractivity contribution < 1.29 is 14.3 Å². The number of rotatable bonds is 10. The SMILES string of the molecule is C=CC(=O)N(C)C1CN(C(CC2CC2)c2ccc(C3(Nc4ncc5c(n4)N(C(C)C)C(=O)OC5)CC3)cc2)C1. The van der Waals surface area contributed by atoms with E-state index in [0.717, 1.165) is 37.4 Å². The zero-order valence-corrected chi connectivity index (χ0v) is 23.1. The first-order chi connectivity index (χ1) is 18.8. The lowest BCUT2D eigenvalue weighted by Gasteiger charge is -2.48. The van der Waals surface area contributed by atoms with E-state index in [9.17, 15) is 9.59 Å². The average Bonchev–Trinajstić information content (AvgIpc) is 3.84. The number of likely N-dealkylation sites (tertiary alicyclic amines) is 1. The smallest absolute Gasteiger partial charge is 0.416 e. The van der Waals surface area contributed by atoms with Crippen LogP contribution in [-0.2, 0) is 21.7 Å². The predicted octanol–water partition coefficient (Wildman–Crippen LogP) is 4.61. The van der Waals surface area contributed by atoms with Crippen LogP contribution in [0.15, 0.2) is 43.1 Å². The van der Waals surface area contributed by atoms with Crippen molar-refractivity contribution in [1.29, 1.82) is 0 Å². The monoisotopic (exact) mass is 530 g/mol. The molecule has 1 aromatic heterocycles. The van der Waals surface area contributed by atoms with Gasteiger partial charge in [-0.1, -0.05) is 43.7 Å². The van der Waals surface area contributed by atoms with Gasteiger partial charge >= 0.3 is 6.09 Å². The highest BCUT2D eigenvalue weighted by molar-refractivity contribution is 5.89. The van der Waals surface area contributed by atoms with Gasteiger partial charge in [0, 0.05) is 38.4 Å². The van der Waals surface area contributed by atoms with Crippen molar-refractivity contribution in [3.05, 3.63) is 59.8 Å². The number of cyclic esters (lactones) is 1. The van der Waals surface area contributed by atoms with Crippen LogP contribution in [0.5, 0.6) is 0 Å². The molecule has 0 bridgehead atoms. The Labute approximate surface area is 230 Å². The molecule has 2 amide bonds. The first kappa shape index (κ1) is 25.8. The fraction of sp³-hybridized carbons (Fsp3) is 0.533. The highest BCUT2D eigenvalue weighted by atomic mass is 16.6. The first-order valence-electron chi connectivity index (χ1n) is 14.1. The minimum absolute atomic E-state index is 0.00951. The number of nitrogens with zero attached hydrogens (tertiary/aromatic N) is 5. The summed E-state index contributed by atoms with van der Waals surface area (Å²) in [6.07, 6.45) is 8.61. The Kier molecular flexibility index (Phi) is 6.57. The molecule has 0 radical (unpaired) electrons. The third-order valence-corrected chi connectivity index (χ3v) is 8.74. The summed E-state index contributed by atoms with van der Waals surface area (Å²) in [5, 5.41) is 3.58. The van der Waals surface area contributed by atoms with Crippen LogP contribution < -0.4 is 10.2 Å². The molecule has 6 rings (SSSR count). The summed E-state index contributed by atoms with van der Waals surface area (Å²) >= 11 is 0. The van der Waals surface area contributed by atoms with Gasteiger partial charge in [0.1, 0.15) is 12.4 Å². The summed E-state index contributed by atoms with van der Waals surface area (Å²) in [6.45, 7) is 9.52. The number of anilines is 2. The molecule has 1 N–H and O–H groups in total. The van der Waals surface area contributed by atoms with Crippen molar-refractivity contribution >= 4 is 23.8 Å². The quantitative estimate of drug-likeness (QED) is 0.449. The number of benzene rings is 1. The molecule has 9 heteroatoms. The maximum Gasteiger partial charge on any atom is 0.416 e. The van der Waals surface area contributed by atoms with E-state index in [2.05, 4.69) is 46.0 Å². The number of carbonyl (C=O) groups is 2. The van der Waals surface area contributed by atoms with Crippen LogP contribution in [0.4, 0.5) is 16.6 Å². The summed E-state index contributed by atoms with van der Waals surface area (Å²) in [5.74, 6) is 1.96. The maximum absolute atomic E-state index is 12.4. The van der Waals surface area contributed by atoms with E-state index in [1.807, 2.05) is 25.8 Å². The molecule has 39 heavy (non-hydrogen) atoms. The fourth-order valence-corrected chi connectivity index (χ4v) is 5.85. The van der Waals surface area contributed by atoms with Gasteiger partial charge in [-0.15, -0.1) is 0 Å². The van der Waals surface area contributed by atoms with Gasteiger partial charge in [-0.3, -0.25) is 14.6 Å². The van der Waals surface area contributed by atoms with Gasteiger partial charge < -0.3 is 15.0 Å². The summed E-state index contributed by atoms with van der Waals surface area (Å²) in [7, 11) is 1.87. The topological polar surface area (TPSA) is 90.9 Å². The second-order valence-electron chi connectivity index (χ2n) is 11.8. The lowest BCUT2D eigenvalue weighted by molar-refractivity contribution is -0.130. The molecular weight excluding hydrogens is 492 g/mol. The minimum atomic E-state index is -0.368. The van der Waals surface area contributed by atoms with Crippen LogP contribution in [0.2, 0.25) is 0 Å². The average molecular weight is 531 g/mol. The zero-order chi connectivity index (χ0) is 27.3. The van der Waals surface area contributed by atoms with Crippen LogP contribution in [0.3, 0.4) is 0 Å². The first-order valence-corrected chi connectivity index (χ1v) is 14.1. The lowest BCUT2D eigenvalue weighted by atomic mass is 9.92. The largest absolute Gasteiger partial charge is 0.444 e. The Hall–Kier alpha value is -3.46. The van der Waals surface area contributed by atoms with Crippen LogP contribution in [0.25, 0.3) is 0 Å². The van der Waals surface area contributed by atoms with Crippen molar-refractivity contribution in [3.63, 3.8) is 0 Å². The van der Waals surface area contributed by atoms with Crippen molar-refractivity contribution in [2.45, 2.75) is 76.2 Å². The third-order valence-electron chi connectivity index (χ3n) is 8.74. The maximum atomic E-state index is 12.4. The Bertz CT molecular complexity index is 1260. The number of amides is 2. The Balaban J connectivity index is 1.17. The number of hydrogen-bond donors (Lipinski definition) is 1. The van der Waals surface area contributed by atoms with Gasteiger partial charge in [0.25, 0.3) is 0 Å². The van der Waals surface area contributed by atoms with E-state index < -0.39 is 0 Å². The zero-order valence-electron chi connectivity index (χ0n) is 23.1. The molecule has 3 heterocycles. The van der Waals surface area contributed by atoms with Crippen LogP contribution in [0, 0.1) is 5.92 Å². The molecular formula is C30H38N6O3. The van der Waals surface area contributed by atoms with E-state index in [-0.39, 0.29) is 36.2 Å². The van der Waals surface area contributed by atoms with Crippen LogP contribution in [-0.4, -0.2) is 64.0 Å². The molecule has 2 saturated carbocycles. The Morgan fingerprint density at radius 1 is 1.26 bits per heavy atom. The normalized spacial score (nSPS) is 21.0. The van der Waals surface area contributed by atoms with E-state index in [1.54, 1.807) is 11.1 Å². The van der Waals surface area contributed by atoms with Gasteiger partial charge in [0.15, 0.2) is 0 Å². The van der Waals surface area contributed by atoms with E-state index in [0.29, 0.717) is 17.8 Å². The fourth-order valence-electron chi connectivity index (χ4n) is 5.85. The third kappa shape index (κ3) is 5.00. The number of aromatic nitrogens is 2. The predicted molar refractivity (Wildman–Crippen MR) is 149 cm³/mol. The van der Waals surface area contributed by atoms with Crippen LogP contribution >= 0.6 is 0 Å². The molecule has 1 atom stereocenters. The van der Waals surface area contributed by atoms with Crippen molar-refractivity contribution in [3.8, 4) is 0 Å². The van der Waals surface area contributed by atoms with Gasteiger partial charge in [-0.05, 0) is 56.2 Å². The molecule has 0 spiro atoms. The Morgan fingerprint density at radius 3 is 2.59 bits per heavy atom. The van der Waals surface area contributed by atoms with Crippen molar-refractivity contribution in [1.82, 2.24) is 19.8 Å². The van der Waals surface area contributed by atoms with Crippen LogP contribution in [0.1, 0.15) is 68.7 Å². The molecule has 2 aromatic rings. The van der Waals surface area contributed by atoms with E-state index in [1.165, 1.54) is 36.5 Å². The summed E-state index contributed by atoms with van der Waals surface area (Å²) in [5.41, 5.74) is 3.20. The highest BCUT2D eigenvalue weighted by Gasteiger charge is 2.46. The summed E-state index contributed by atoms with van der Waals surface area (Å²) in [6, 6.07) is 9.62. The van der Waals surface area contributed by atoms with Crippen molar-refractivity contribution in [2.75, 3.05) is 30.4 Å². The number of ether oxygens (including phenoxy) is 1. The van der Waals surface area contributed by atoms with Gasteiger partial charge in [0.05, 0.1) is 17.1 Å². The number of nitrogens with one attached hydrogen (secondary N) is 1. The van der Waals surface area contributed by atoms with Crippen molar-refractivity contribution in [2.24, 2.45) is 5.92 Å². The number of hydrogen-bond acceptors (Lipinski definition) is 7. The number of carbonyl (C=O) groups excluding carboxylic acids is 2.